The van der Waals surface area contributed by atoms with Crippen LogP contribution in [0.3, 0.4) is 0 Å². The van der Waals surface area contributed by atoms with Crippen LogP contribution in [0, 0.1) is 5.92 Å². The van der Waals surface area contributed by atoms with Crippen LogP contribution in [-0.4, -0.2) is 35.9 Å². The van der Waals surface area contributed by atoms with Crippen LogP contribution in [0.5, 0.6) is 0 Å². The van der Waals surface area contributed by atoms with Gasteiger partial charge in [0.1, 0.15) is 0 Å². The number of thiazole rings is 1. The first-order valence-electron chi connectivity index (χ1n) is 8.25. The Balaban J connectivity index is 1.67. The van der Waals surface area contributed by atoms with Crippen molar-refractivity contribution >= 4 is 23.2 Å². The Bertz CT molecular complexity index is 533. The highest BCUT2D eigenvalue weighted by Gasteiger charge is 2.18. The number of hydrogen-bond acceptors (Lipinski definition) is 5. The number of amides is 2. The van der Waals surface area contributed by atoms with Gasteiger partial charge in [-0.05, 0) is 31.6 Å². The van der Waals surface area contributed by atoms with Gasteiger partial charge in [-0.2, -0.15) is 0 Å². The summed E-state index contributed by atoms with van der Waals surface area (Å²) in [6, 6.07) is -0.579. The van der Waals surface area contributed by atoms with Crippen LogP contribution in [0.25, 0.3) is 0 Å². The zero-order chi connectivity index (χ0) is 16.8. The molecule has 0 aliphatic heterocycles. The van der Waals surface area contributed by atoms with Crippen LogP contribution in [0.4, 0.5) is 0 Å². The normalized spacial score (nSPS) is 15.1. The van der Waals surface area contributed by atoms with Gasteiger partial charge in [0.25, 0.3) is 0 Å². The highest BCUT2D eigenvalue weighted by molar-refractivity contribution is 7.11. The predicted octanol–water partition coefficient (Wildman–Crippen LogP) is 0.780. The third kappa shape index (κ3) is 5.28. The third-order valence-electron chi connectivity index (χ3n) is 4.00. The van der Waals surface area contributed by atoms with Gasteiger partial charge in [0.15, 0.2) is 0 Å². The molecule has 7 heteroatoms. The molecule has 0 bridgehead atoms. The Morgan fingerprint density at radius 1 is 1.26 bits per heavy atom. The van der Waals surface area contributed by atoms with E-state index in [1.165, 1.54) is 23.4 Å². The molecule has 1 heterocycles. The van der Waals surface area contributed by atoms with Crippen LogP contribution in [0.2, 0.25) is 0 Å². The summed E-state index contributed by atoms with van der Waals surface area (Å²) in [4.78, 5) is 29.5. The van der Waals surface area contributed by atoms with Crippen LogP contribution < -0.4 is 16.4 Å². The molecule has 2 amide bonds. The highest BCUT2D eigenvalue weighted by atomic mass is 32.1. The number of hydrogen-bond donors (Lipinski definition) is 3. The Morgan fingerprint density at radius 2 is 2.00 bits per heavy atom. The highest BCUT2D eigenvalue weighted by Crippen LogP contribution is 2.26. The third-order valence-corrected chi connectivity index (χ3v) is 5.21. The number of carbonyl (C=O) groups excluding carboxylic acids is 2. The molecule has 128 valence electrons. The largest absolute Gasteiger partial charge is 0.354 e. The van der Waals surface area contributed by atoms with E-state index in [1.807, 2.05) is 13.8 Å². The van der Waals surface area contributed by atoms with E-state index in [0.717, 1.165) is 24.3 Å². The fourth-order valence-corrected chi connectivity index (χ4v) is 3.63. The number of nitrogens with one attached hydrogen (secondary N) is 2. The minimum atomic E-state index is -0.579. The van der Waals surface area contributed by atoms with Crippen molar-refractivity contribution in [2.45, 2.75) is 52.0 Å². The molecule has 1 aliphatic rings. The van der Waals surface area contributed by atoms with Crippen LogP contribution in [0.1, 0.15) is 42.3 Å². The van der Waals surface area contributed by atoms with Gasteiger partial charge in [0.2, 0.25) is 11.8 Å². The van der Waals surface area contributed by atoms with Gasteiger partial charge in [-0.25, -0.2) is 4.98 Å². The monoisotopic (exact) mass is 338 g/mol. The van der Waals surface area contributed by atoms with E-state index in [0.29, 0.717) is 6.54 Å². The standard InChI is InChI=1S/C16H26N4O2S/c1-10(2)15(17)16(22)19-9-13(21)18-8-7-14-20-11-5-3-4-6-12(11)23-14/h10,15H,3-9,17H2,1-2H3,(H,18,21)(H,19,22)/t15-/m0/s1. The maximum Gasteiger partial charge on any atom is 0.239 e. The van der Waals surface area contributed by atoms with E-state index in [-0.39, 0.29) is 24.3 Å². The lowest BCUT2D eigenvalue weighted by Gasteiger charge is -2.15. The lowest BCUT2D eigenvalue weighted by Crippen LogP contribution is -2.47. The van der Waals surface area contributed by atoms with Gasteiger partial charge in [-0.1, -0.05) is 13.8 Å². The first-order valence-corrected chi connectivity index (χ1v) is 9.06. The molecule has 0 saturated heterocycles. The molecule has 0 saturated carbocycles. The van der Waals surface area contributed by atoms with Crippen molar-refractivity contribution in [3.05, 3.63) is 15.6 Å². The van der Waals surface area contributed by atoms with E-state index in [9.17, 15) is 9.59 Å². The number of aryl methyl sites for hydroxylation is 2. The van der Waals surface area contributed by atoms with E-state index >= 15 is 0 Å². The number of rotatable bonds is 7. The number of aromatic nitrogens is 1. The molecule has 1 aromatic heterocycles. The van der Waals surface area contributed by atoms with E-state index < -0.39 is 6.04 Å². The van der Waals surface area contributed by atoms with Gasteiger partial charge >= 0.3 is 0 Å². The summed E-state index contributed by atoms with van der Waals surface area (Å²) in [7, 11) is 0. The summed E-state index contributed by atoms with van der Waals surface area (Å²) < 4.78 is 0. The van der Waals surface area contributed by atoms with Crippen molar-refractivity contribution in [3.8, 4) is 0 Å². The van der Waals surface area contributed by atoms with E-state index in [1.54, 1.807) is 11.3 Å². The maximum absolute atomic E-state index is 11.7. The minimum Gasteiger partial charge on any atom is -0.354 e. The summed E-state index contributed by atoms with van der Waals surface area (Å²) in [5, 5.41) is 6.46. The van der Waals surface area contributed by atoms with Crippen LogP contribution in [0.15, 0.2) is 0 Å². The number of fused-ring (bicyclic) bond motifs is 1. The molecule has 0 unspecified atom stereocenters. The van der Waals surface area contributed by atoms with Crippen molar-refractivity contribution in [2.24, 2.45) is 11.7 Å². The average Bonchev–Trinajstić information content (AvgIpc) is 2.94. The van der Waals surface area contributed by atoms with Gasteiger partial charge < -0.3 is 16.4 Å². The molecular formula is C16H26N4O2S. The fraction of sp³-hybridized carbons (Fsp3) is 0.688. The first kappa shape index (κ1) is 17.9. The fourth-order valence-electron chi connectivity index (χ4n) is 2.47. The van der Waals surface area contributed by atoms with Crippen molar-refractivity contribution in [1.29, 1.82) is 0 Å². The molecule has 0 radical (unpaired) electrons. The molecular weight excluding hydrogens is 312 g/mol. The molecule has 1 aliphatic carbocycles. The quantitative estimate of drug-likeness (QED) is 0.684. The van der Waals surface area contributed by atoms with Gasteiger partial charge in [-0.3, -0.25) is 9.59 Å². The summed E-state index contributed by atoms with van der Waals surface area (Å²) in [6.07, 6.45) is 5.44. The molecule has 2 rings (SSSR count). The van der Waals surface area contributed by atoms with Crippen molar-refractivity contribution in [1.82, 2.24) is 15.6 Å². The summed E-state index contributed by atoms with van der Waals surface area (Å²) >= 11 is 1.76. The maximum atomic E-state index is 11.7. The van der Waals surface area contributed by atoms with Gasteiger partial charge in [0.05, 0.1) is 23.3 Å². The predicted molar refractivity (Wildman–Crippen MR) is 91.3 cm³/mol. The molecule has 6 nitrogen and oxygen atoms in total. The van der Waals surface area contributed by atoms with E-state index in [2.05, 4.69) is 15.6 Å². The zero-order valence-corrected chi connectivity index (χ0v) is 14.7. The van der Waals surface area contributed by atoms with Crippen molar-refractivity contribution in [3.63, 3.8) is 0 Å². The van der Waals surface area contributed by atoms with Gasteiger partial charge in [-0.15, -0.1) is 11.3 Å². The Morgan fingerprint density at radius 3 is 2.70 bits per heavy atom. The molecule has 1 aromatic rings. The first-order chi connectivity index (χ1) is 11.0. The second-order valence-electron chi connectivity index (χ2n) is 6.27. The minimum absolute atomic E-state index is 0.0341. The molecule has 0 fully saturated rings. The molecule has 23 heavy (non-hydrogen) atoms. The van der Waals surface area contributed by atoms with Crippen molar-refractivity contribution < 1.29 is 9.59 Å². The Hall–Kier alpha value is -1.47. The molecule has 1 atom stereocenters. The topological polar surface area (TPSA) is 97.1 Å². The number of nitrogens with zero attached hydrogens (tertiary/aromatic N) is 1. The van der Waals surface area contributed by atoms with Crippen LogP contribution in [-0.2, 0) is 28.9 Å². The number of nitrogens with two attached hydrogens (primary N) is 1. The van der Waals surface area contributed by atoms with E-state index in [4.69, 9.17) is 5.73 Å². The van der Waals surface area contributed by atoms with Gasteiger partial charge in [0, 0.05) is 17.8 Å². The number of carbonyl (C=O) groups is 2. The van der Waals surface area contributed by atoms with Crippen LogP contribution >= 0.6 is 11.3 Å². The second-order valence-corrected chi connectivity index (χ2v) is 7.44. The molecule has 0 aromatic carbocycles. The SMILES string of the molecule is CC(C)[C@H](N)C(=O)NCC(=O)NCCc1nc2c(s1)CCCC2. The lowest BCUT2D eigenvalue weighted by molar-refractivity contribution is -0.127. The zero-order valence-electron chi connectivity index (χ0n) is 13.9. The second kappa shape index (κ2) is 8.40. The Labute approximate surface area is 141 Å². The van der Waals surface area contributed by atoms with Crippen molar-refractivity contribution in [2.75, 3.05) is 13.1 Å². The Kier molecular flexibility index (Phi) is 6.53. The summed E-state index contributed by atoms with van der Waals surface area (Å²) in [6.45, 7) is 4.25. The molecule has 0 spiro atoms. The molecule has 4 N–H and O–H groups in total. The average molecular weight is 338 g/mol. The summed E-state index contributed by atoms with van der Waals surface area (Å²) in [5.41, 5.74) is 6.97. The summed E-state index contributed by atoms with van der Waals surface area (Å²) in [5.74, 6) is -0.438. The lowest BCUT2D eigenvalue weighted by atomic mass is 10.0. The smallest absolute Gasteiger partial charge is 0.239 e.